The Morgan fingerprint density at radius 2 is 0.905 bits per heavy atom. The van der Waals surface area contributed by atoms with Crippen LogP contribution in [0.4, 0.5) is 25.8 Å². The highest BCUT2D eigenvalue weighted by Crippen LogP contribution is 2.30. The molecule has 15 nitrogen and oxygen atoms in total. The van der Waals surface area contributed by atoms with Crippen LogP contribution in [0.25, 0.3) is 11.4 Å². The lowest BCUT2D eigenvalue weighted by Gasteiger charge is -2.38. The number of piperidine rings is 1. The van der Waals surface area contributed by atoms with Crippen LogP contribution in [-0.2, 0) is 20.0 Å². The van der Waals surface area contributed by atoms with Crippen molar-refractivity contribution in [3.05, 3.63) is 98.3 Å². The summed E-state index contributed by atoms with van der Waals surface area (Å²) in [7, 11) is 37.5. The first-order valence-electron chi connectivity index (χ1n) is 24.0. The first-order chi connectivity index (χ1) is 34.3. The van der Waals surface area contributed by atoms with Gasteiger partial charge in [-0.25, -0.2) is 25.6 Å². The van der Waals surface area contributed by atoms with Gasteiger partial charge in [0.15, 0.2) is 0 Å². The van der Waals surface area contributed by atoms with E-state index in [0.29, 0.717) is 75.1 Å². The lowest BCUT2D eigenvalue weighted by atomic mass is 8.47. The zero-order valence-corrected chi connectivity index (χ0v) is 44.0. The third kappa shape index (κ3) is 15.4. The first kappa shape index (κ1) is 63.0. The highest BCUT2D eigenvalue weighted by molar-refractivity contribution is 8.11. The van der Waals surface area contributed by atoms with E-state index in [4.69, 9.17) is 73.5 Å². The smallest absolute Gasteiger partial charge is 0.297 e. The zero-order chi connectivity index (χ0) is 54.1. The predicted octanol–water partition coefficient (Wildman–Crippen LogP) is -0.588. The van der Waals surface area contributed by atoms with Crippen molar-refractivity contribution in [2.24, 2.45) is 0 Å². The van der Waals surface area contributed by atoms with Crippen molar-refractivity contribution < 1.29 is 25.6 Å². The van der Waals surface area contributed by atoms with Crippen molar-refractivity contribution in [1.82, 2.24) is 28.2 Å². The van der Waals surface area contributed by atoms with E-state index in [-0.39, 0.29) is 23.7 Å². The fourth-order valence-corrected chi connectivity index (χ4v) is 11.6. The van der Waals surface area contributed by atoms with Crippen LogP contribution in [0.2, 0.25) is 5.02 Å². The standard InChI is InChI=1S/C22H30FN5O3S.C17H20ClFN4O3S.CH4.B14/c1-17(2)32(30,31)27-13-11-25(12-14-27)20-16-24-28(19-8-6-7-18(23)15-19)22(29)21(20)26-9-4-3-5-10-26;1-12(2)27(25,26)22-8-6-21(7-9-22)15-11-20-23(17(24)16(15)18)14-5-3-4-13(19)10-14;;1-9(2)13(10(3)4)14(11(5)6)12(7)8/h6-8,15-17H,3-5,9-14H2,1-2H3;3-5,10-12H,6-9H2,1-2H3;1H4;. The second-order valence-electron chi connectivity index (χ2n) is 18.6. The Morgan fingerprint density at radius 1 is 0.541 bits per heavy atom. The van der Waals surface area contributed by atoms with Gasteiger partial charge >= 0.3 is 0 Å². The summed E-state index contributed by atoms with van der Waals surface area (Å²) in [5.74, 6) is -0.911. The maximum Gasteiger partial charge on any atom is 0.297 e. The summed E-state index contributed by atoms with van der Waals surface area (Å²) in [5, 5.41) is 7.48. The van der Waals surface area contributed by atoms with E-state index in [1.165, 1.54) is 49.8 Å². The Labute approximate surface area is 454 Å². The highest BCUT2D eigenvalue weighted by Gasteiger charge is 2.36. The van der Waals surface area contributed by atoms with E-state index in [1.54, 1.807) is 52.1 Å². The Kier molecular flexibility index (Phi) is 23.6. The Bertz CT molecular complexity index is 2800. The molecule has 0 amide bonds. The fourth-order valence-electron chi connectivity index (χ4n) is 8.81. The molecule has 3 aliphatic rings. The summed E-state index contributed by atoms with van der Waals surface area (Å²) in [6, 6.07) is 11.4. The molecular formula is C40H54B14ClF2N9O6S2. The van der Waals surface area contributed by atoms with Crippen molar-refractivity contribution >= 4 is 149 Å². The molecule has 5 heterocycles. The van der Waals surface area contributed by atoms with Crippen molar-refractivity contribution in [2.45, 2.75) is 64.9 Å². The molecule has 3 aliphatic heterocycles. The number of benzene rings is 2. The number of aromatic nitrogens is 4. The third-order valence-corrected chi connectivity index (χ3v) is 17.8. The maximum absolute atomic E-state index is 13.8. The van der Waals surface area contributed by atoms with Crippen LogP contribution >= 0.6 is 11.6 Å². The molecule has 0 N–H and O–H groups in total. The van der Waals surface area contributed by atoms with Gasteiger partial charge in [0.25, 0.3) is 11.1 Å². The first-order valence-corrected chi connectivity index (χ1v) is 27.4. The summed E-state index contributed by atoms with van der Waals surface area (Å²) >= 11 is 6.26. The van der Waals surface area contributed by atoms with Gasteiger partial charge in [0.2, 0.25) is 20.0 Å². The van der Waals surface area contributed by atoms with Gasteiger partial charge in [0.1, 0.15) is 22.3 Å². The third-order valence-electron chi connectivity index (χ3n) is 12.9. The predicted molar refractivity (Wildman–Crippen MR) is 314 cm³/mol. The van der Waals surface area contributed by atoms with Crippen LogP contribution in [0.3, 0.4) is 0 Å². The van der Waals surface area contributed by atoms with Crippen molar-refractivity contribution in [3.63, 3.8) is 0 Å². The number of nitrogens with zero attached hydrogens (tertiary/aromatic N) is 9. The molecule has 0 bridgehead atoms. The SMILES string of the molecule is C.CC(C)S(=O)(=O)N1CCN(c2cnn(-c3cccc(F)c3)c(=O)c2Cl)CC1.CC(C)S(=O)(=O)N1CCN(c2cnn(-c3cccc(F)c3)c(=O)c2N2CCCCC2)CC1.[B]B([B])B(B([B])[B])B(B([B])[B])B([B])[B]. The topological polar surface area (TPSA) is 154 Å². The summed E-state index contributed by atoms with van der Waals surface area (Å²) in [5.41, 5.74) is 1.53. The van der Waals surface area contributed by atoms with Crippen LogP contribution in [0, 0.1) is 11.6 Å². The average molecular weight is 1050 g/mol. The minimum Gasteiger partial charge on any atom is -0.366 e. The molecule has 2 aromatic carbocycles. The van der Waals surface area contributed by atoms with E-state index in [9.17, 15) is 35.2 Å². The molecule has 3 fully saturated rings. The molecule has 0 saturated carbocycles. The summed E-state index contributed by atoms with van der Waals surface area (Å²) in [6.45, 7) is 11.3. The molecule has 7 rings (SSSR count). The van der Waals surface area contributed by atoms with E-state index < -0.39 is 86.1 Å². The van der Waals surface area contributed by atoms with E-state index in [2.05, 4.69) is 15.1 Å². The highest BCUT2D eigenvalue weighted by atomic mass is 35.5. The van der Waals surface area contributed by atoms with E-state index >= 15 is 0 Å². The Hall–Kier alpha value is -3.52. The van der Waals surface area contributed by atoms with Gasteiger partial charge in [-0.15, -0.1) is 0 Å². The molecular weight excluding hydrogens is 991 g/mol. The number of rotatable bonds is 14. The van der Waals surface area contributed by atoms with Crippen LogP contribution in [0.5, 0.6) is 0 Å². The summed E-state index contributed by atoms with van der Waals surface area (Å²) in [4.78, 5) is 32.1. The fraction of sp³-hybridized carbons (Fsp3) is 0.500. The van der Waals surface area contributed by atoms with Gasteiger partial charge in [-0.1, -0.05) is 31.2 Å². The van der Waals surface area contributed by atoms with Crippen molar-refractivity contribution in [1.29, 1.82) is 0 Å². The molecule has 0 spiro atoms. The van der Waals surface area contributed by atoms with Crippen LogP contribution in [0.15, 0.2) is 70.5 Å². The van der Waals surface area contributed by atoms with Gasteiger partial charge in [0.05, 0.1) is 45.6 Å². The number of hydrogen-bond acceptors (Lipinski definition) is 11. The van der Waals surface area contributed by atoms with E-state index in [0.717, 1.165) is 37.0 Å². The average Bonchev–Trinajstić information content (AvgIpc) is 3.34. The molecule has 74 heavy (non-hydrogen) atoms. The molecule has 370 valence electrons. The molecule has 4 aromatic rings. The quantitative estimate of drug-likeness (QED) is 0.149. The Balaban J connectivity index is 0.000000257. The second kappa shape index (κ2) is 27.7. The molecule has 2 aromatic heterocycles. The van der Waals surface area contributed by atoms with Gasteiger partial charge in [-0.05, 0) is 83.4 Å². The molecule has 3 saturated heterocycles. The largest absolute Gasteiger partial charge is 0.366 e. The Morgan fingerprint density at radius 3 is 1.27 bits per heavy atom. The maximum atomic E-state index is 13.8. The van der Waals surface area contributed by atoms with E-state index in [1.807, 2.05) is 9.80 Å². The molecule has 0 aliphatic carbocycles. The number of sulfonamides is 2. The van der Waals surface area contributed by atoms with Crippen molar-refractivity contribution in [3.8, 4) is 11.4 Å². The van der Waals surface area contributed by atoms with Crippen LogP contribution < -0.4 is 25.8 Å². The monoisotopic (exact) mass is 1050 g/mol. The van der Waals surface area contributed by atoms with Gasteiger partial charge in [0, 0.05) is 166 Å². The second-order valence-corrected chi connectivity index (χ2v) is 23.9. The minimum atomic E-state index is -3.31. The molecule has 0 unspecified atom stereocenters. The number of piperazine rings is 2. The molecule has 16 radical (unpaired) electrons. The molecule has 34 heteroatoms. The normalized spacial score (nSPS) is 15.5. The van der Waals surface area contributed by atoms with Crippen molar-refractivity contribution in [2.75, 3.05) is 80.1 Å². The lowest BCUT2D eigenvalue weighted by Crippen LogP contribution is -2.72. The summed E-state index contributed by atoms with van der Waals surface area (Å²) < 4.78 is 82.0. The zero-order valence-electron chi connectivity index (χ0n) is 41.6. The van der Waals surface area contributed by atoms with Gasteiger partial charge < -0.3 is 14.7 Å². The van der Waals surface area contributed by atoms with Crippen LogP contribution in [-0.4, -0.2) is 221 Å². The van der Waals surface area contributed by atoms with Gasteiger partial charge in [-0.3, -0.25) is 9.59 Å². The number of anilines is 3. The number of hydrogen-bond donors (Lipinski definition) is 0. The molecule has 0 atom stereocenters. The van der Waals surface area contributed by atoms with Gasteiger partial charge in [-0.2, -0.15) is 28.2 Å². The van der Waals surface area contributed by atoms with Crippen LogP contribution in [0.1, 0.15) is 54.4 Å². The lowest BCUT2D eigenvalue weighted by molar-refractivity contribution is 0.380. The number of halogens is 3. The summed E-state index contributed by atoms with van der Waals surface area (Å²) in [6.07, 6.45) is 2.15. The minimum absolute atomic E-state index is 0.